The second-order valence-electron chi connectivity index (χ2n) is 6.46. The highest BCUT2D eigenvalue weighted by Gasteiger charge is 2.18. The lowest BCUT2D eigenvalue weighted by atomic mass is 10.0. The van der Waals surface area contributed by atoms with Gasteiger partial charge in [-0.2, -0.15) is 0 Å². The zero-order valence-electron chi connectivity index (χ0n) is 16.2. The molecule has 7 heteroatoms. The van der Waals surface area contributed by atoms with Crippen LogP contribution in [0.3, 0.4) is 0 Å². The smallest absolute Gasteiger partial charge is 0.424 e. The van der Waals surface area contributed by atoms with Crippen LogP contribution < -0.4 is 11.2 Å². The SMILES string of the molecule is NN(CC(=O)Nc1ccccc1C(=O)c1ccccc1)C(=O)OCc1ccccc1. The van der Waals surface area contributed by atoms with Crippen LogP contribution in [0, 0.1) is 0 Å². The Kier molecular flexibility index (Phi) is 6.91. The van der Waals surface area contributed by atoms with E-state index in [1.807, 2.05) is 36.4 Å². The van der Waals surface area contributed by atoms with Gasteiger partial charge in [0.2, 0.25) is 5.91 Å². The number of hydrazine groups is 1. The normalized spacial score (nSPS) is 10.2. The minimum Gasteiger partial charge on any atom is -0.444 e. The van der Waals surface area contributed by atoms with Gasteiger partial charge < -0.3 is 10.1 Å². The molecule has 0 heterocycles. The number of carbonyl (C=O) groups is 3. The summed E-state index contributed by atoms with van der Waals surface area (Å²) in [6.45, 7) is -0.384. The molecule has 30 heavy (non-hydrogen) atoms. The van der Waals surface area contributed by atoms with E-state index in [-0.39, 0.29) is 12.4 Å². The summed E-state index contributed by atoms with van der Waals surface area (Å²) in [4.78, 5) is 37.1. The number of anilines is 1. The number of hydrogen-bond acceptors (Lipinski definition) is 5. The number of carbonyl (C=O) groups excluding carboxylic acids is 3. The van der Waals surface area contributed by atoms with E-state index in [0.29, 0.717) is 21.8 Å². The number of nitrogens with two attached hydrogens (primary N) is 1. The summed E-state index contributed by atoms with van der Waals surface area (Å²) in [7, 11) is 0. The van der Waals surface area contributed by atoms with Crippen LogP contribution in [0.5, 0.6) is 0 Å². The molecule has 2 amide bonds. The van der Waals surface area contributed by atoms with Crippen LogP contribution >= 0.6 is 0 Å². The van der Waals surface area contributed by atoms with Crippen molar-refractivity contribution in [1.29, 1.82) is 0 Å². The van der Waals surface area contributed by atoms with Crippen LogP contribution in [-0.4, -0.2) is 29.3 Å². The lowest BCUT2D eigenvalue weighted by Crippen LogP contribution is -2.43. The summed E-state index contributed by atoms with van der Waals surface area (Å²) in [5, 5.41) is 3.31. The maximum atomic E-state index is 12.7. The number of benzene rings is 3. The number of nitrogens with one attached hydrogen (secondary N) is 1. The summed E-state index contributed by atoms with van der Waals surface area (Å²) in [5.41, 5.74) is 1.98. The maximum Gasteiger partial charge on any atom is 0.424 e. The fraction of sp³-hybridized carbons (Fsp3) is 0.0870. The van der Waals surface area contributed by atoms with Crippen LogP contribution in [-0.2, 0) is 16.1 Å². The fourth-order valence-corrected chi connectivity index (χ4v) is 2.75. The summed E-state index contributed by atoms with van der Waals surface area (Å²) >= 11 is 0. The largest absolute Gasteiger partial charge is 0.444 e. The summed E-state index contributed by atoms with van der Waals surface area (Å²) in [6.07, 6.45) is -0.831. The number of ketones is 1. The minimum atomic E-state index is -0.831. The van der Waals surface area contributed by atoms with Gasteiger partial charge in [-0.15, -0.1) is 0 Å². The molecule has 0 saturated heterocycles. The summed E-state index contributed by atoms with van der Waals surface area (Å²) in [6, 6.07) is 24.5. The van der Waals surface area contributed by atoms with Crippen LogP contribution in [0.2, 0.25) is 0 Å². The number of amides is 2. The van der Waals surface area contributed by atoms with Crippen molar-refractivity contribution in [1.82, 2.24) is 5.01 Å². The molecular weight excluding hydrogens is 382 g/mol. The lowest BCUT2D eigenvalue weighted by Gasteiger charge is -2.17. The molecule has 0 aliphatic heterocycles. The number of ether oxygens (including phenoxy) is 1. The third kappa shape index (κ3) is 5.52. The van der Waals surface area contributed by atoms with E-state index in [2.05, 4.69) is 5.32 Å². The third-order valence-corrected chi connectivity index (χ3v) is 4.24. The van der Waals surface area contributed by atoms with E-state index in [4.69, 9.17) is 10.6 Å². The number of para-hydroxylation sites is 1. The fourth-order valence-electron chi connectivity index (χ4n) is 2.75. The number of rotatable bonds is 7. The molecule has 3 rings (SSSR count). The Hall–Kier alpha value is -3.97. The maximum absolute atomic E-state index is 12.7. The highest BCUT2D eigenvalue weighted by Crippen LogP contribution is 2.19. The molecule has 0 unspecified atom stereocenters. The second kappa shape index (κ2) is 9.99. The molecule has 0 atom stereocenters. The predicted molar refractivity (Wildman–Crippen MR) is 112 cm³/mol. The average Bonchev–Trinajstić information content (AvgIpc) is 2.78. The van der Waals surface area contributed by atoms with E-state index in [1.54, 1.807) is 48.5 Å². The first-order valence-electron chi connectivity index (χ1n) is 9.26. The molecule has 152 valence electrons. The summed E-state index contributed by atoms with van der Waals surface area (Å²) in [5.74, 6) is 4.88. The van der Waals surface area contributed by atoms with E-state index < -0.39 is 18.5 Å². The molecular formula is C23H21N3O4. The van der Waals surface area contributed by atoms with Gasteiger partial charge >= 0.3 is 6.09 Å². The van der Waals surface area contributed by atoms with Crippen molar-refractivity contribution in [3.63, 3.8) is 0 Å². The molecule has 0 bridgehead atoms. The highest BCUT2D eigenvalue weighted by atomic mass is 16.6. The molecule has 0 radical (unpaired) electrons. The Morgan fingerprint density at radius 2 is 1.43 bits per heavy atom. The quantitative estimate of drug-likeness (QED) is 0.273. The molecule has 0 aliphatic carbocycles. The number of hydrogen-bond donors (Lipinski definition) is 2. The van der Waals surface area contributed by atoms with Crippen molar-refractivity contribution >= 4 is 23.5 Å². The molecule has 0 aromatic heterocycles. The zero-order valence-corrected chi connectivity index (χ0v) is 16.2. The Balaban J connectivity index is 1.59. The third-order valence-electron chi connectivity index (χ3n) is 4.24. The molecule has 0 fully saturated rings. The standard InChI is InChI=1S/C23H21N3O4/c24-26(23(29)30-16-17-9-3-1-4-10-17)15-21(27)25-20-14-8-7-13-19(20)22(28)18-11-5-2-6-12-18/h1-14H,15-16,24H2,(H,25,27). The van der Waals surface area contributed by atoms with Crippen molar-refractivity contribution in [2.75, 3.05) is 11.9 Å². The molecule has 7 nitrogen and oxygen atoms in total. The Morgan fingerprint density at radius 3 is 2.13 bits per heavy atom. The molecule has 3 aromatic carbocycles. The van der Waals surface area contributed by atoms with Crippen LogP contribution in [0.25, 0.3) is 0 Å². The van der Waals surface area contributed by atoms with E-state index in [0.717, 1.165) is 5.56 Å². The molecule has 3 aromatic rings. The van der Waals surface area contributed by atoms with E-state index >= 15 is 0 Å². The first-order valence-corrected chi connectivity index (χ1v) is 9.26. The van der Waals surface area contributed by atoms with Gasteiger partial charge in [0.1, 0.15) is 13.2 Å². The van der Waals surface area contributed by atoms with Crippen LogP contribution in [0.15, 0.2) is 84.9 Å². The predicted octanol–water partition coefficient (Wildman–Crippen LogP) is 3.37. The Labute approximate surface area is 174 Å². The zero-order chi connectivity index (χ0) is 21.3. The van der Waals surface area contributed by atoms with Gasteiger partial charge in [-0.05, 0) is 17.7 Å². The van der Waals surface area contributed by atoms with Gasteiger partial charge in [-0.1, -0.05) is 72.8 Å². The van der Waals surface area contributed by atoms with Crippen molar-refractivity contribution in [2.24, 2.45) is 5.84 Å². The monoisotopic (exact) mass is 403 g/mol. The average molecular weight is 403 g/mol. The molecule has 0 aliphatic rings. The van der Waals surface area contributed by atoms with Gasteiger partial charge in [0.25, 0.3) is 0 Å². The first-order chi connectivity index (χ1) is 14.5. The van der Waals surface area contributed by atoms with Gasteiger partial charge in [-0.3, -0.25) is 9.59 Å². The lowest BCUT2D eigenvalue weighted by molar-refractivity contribution is -0.117. The van der Waals surface area contributed by atoms with Crippen LogP contribution in [0.1, 0.15) is 21.5 Å². The first kappa shape index (κ1) is 20.8. The molecule has 0 saturated carbocycles. The van der Waals surface area contributed by atoms with Gasteiger partial charge in [-0.25, -0.2) is 15.6 Å². The molecule has 0 spiro atoms. The minimum absolute atomic E-state index is 0.0450. The number of nitrogens with zero attached hydrogens (tertiary/aromatic N) is 1. The summed E-state index contributed by atoms with van der Waals surface area (Å²) < 4.78 is 5.09. The van der Waals surface area contributed by atoms with Crippen molar-refractivity contribution in [2.45, 2.75) is 6.61 Å². The van der Waals surface area contributed by atoms with E-state index in [1.165, 1.54) is 0 Å². The van der Waals surface area contributed by atoms with Crippen LogP contribution in [0.4, 0.5) is 10.5 Å². The van der Waals surface area contributed by atoms with Crippen molar-refractivity contribution in [3.8, 4) is 0 Å². The van der Waals surface area contributed by atoms with Crippen molar-refractivity contribution < 1.29 is 19.1 Å². The van der Waals surface area contributed by atoms with Crippen molar-refractivity contribution in [3.05, 3.63) is 102 Å². The van der Waals surface area contributed by atoms with E-state index in [9.17, 15) is 14.4 Å². The Morgan fingerprint density at radius 1 is 0.833 bits per heavy atom. The second-order valence-corrected chi connectivity index (χ2v) is 6.46. The molecule has 3 N–H and O–H groups in total. The highest BCUT2D eigenvalue weighted by molar-refractivity contribution is 6.14. The van der Waals surface area contributed by atoms with Gasteiger partial charge in [0.15, 0.2) is 5.78 Å². The topological polar surface area (TPSA) is 102 Å². The Bertz CT molecular complexity index is 1020. The van der Waals surface area contributed by atoms with Gasteiger partial charge in [0, 0.05) is 11.1 Å². The van der Waals surface area contributed by atoms with Gasteiger partial charge in [0.05, 0.1) is 5.69 Å².